The molecule has 0 aliphatic carbocycles. The molecule has 5 nitrogen and oxygen atoms in total. The molecule has 164 valence electrons. The lowest BCUT2D eigenvalue weighted by molar-refractivity contribution is 0.0949. The number of para-hydroxylation sites is 2. The first-order valence-corrected chi connectivity index (χ1v) is 11.1. The van der Waals surface area contributed by atoms with Crippen LogP contribution in [0, 0.1) is 6.92 Å². The fourth-order valence-corrected chi connectivity index (χ4v) is 3.71. The number of aromatic nitrogens is 2. The lowest BCUT2D eigenvalue weighted by Gasteiger charge is -2.11. The minimum Gasteiger partial charge on any atom is -0.494 e. The first kappa shape index (κ1) is 21.6. The third-order valence-electron chi connectivity index (χ3n) is 5.58. The van der Waals surface area contributed by atoms with Gasteiger partial charge in [0.25, 0.3) is 5.91 Å². The average molecular weight is 428 g/mol. The van der Waals surface area contributed by atoms with Crippen molar-refractivity contribution >= 4 is 16.9 Å². The molecule has 1 amide bonds. The van der Waals surface area contributed by atoms with Crippen LogP contribution in [0.25, 0.3) is 11.0 Å². The lowest BCUT2D eigenvalue weighted by atomic mass is 10.1. The number of hydrogen-bond donors (Lipinski definition) is 1. The summed E-state index contributed by atoms with van der Waals surface area (Å²) in [4.78, 5) is 17.3. The van der Waals surface area contributed by atoms with Crippen LogP contribution in [0.3, 0.4) is 0 Å². The number of nitrogens with one attached hydrogen (secondary N) is 1. The Kier molecular flexibility index (Phi) is 6.85. The van der Waals surface area contributed by atoms with Crippen LogP contribution in [0.4, 0.5) is 0 Å². The van der Waals surface area contributed by atoms with Crippen LogP contribution in [0.15, 0.2) is 72.8 Å². The average Bonchev–Trinajstić information content (AvgIpc) is 3.18. The zero-order chi connectivity index (χ0) is 22.3. The standard InChI is InChI=1S/C27H29N3O2/c1-3-21-11-15-23(16-12-21)32-18-6-17-30-25-8-5-4-7-24(25)29-26(30)19-28-27(31)22-13-9-20(2)10-14-22/h4-5,7-16H,3,6,17-19H2,1-2H3,(H,28,31). The normalized spacial score (nSPS) is 10.9. The molecule has 3 aromatic carbocycles. The highest BCUT2D eigenvalue weighted by molar-refractivity contribution is 5.94. The Morgan fingerprint density at radius 2 is 1.75 bits per heavy atom. The maximum atomic E-state index is 12.6. The molecule has 1 heterocycles. The van der Waals surface area contributed by atoms with Crippen molar-refractivity contribution in [3.63, 3.8) is 0 Å². The summed E-state index contributed by atoms with van der Waals surface area (Å²) in [5.74, 6) is 1.64. The molecule has 0 aliphatic heterocycles. The van der Waals surface area contributed by atoms with Gasteiger partial charge in [-0.25, -0.2) is 4.98 Å². The summed E-state index contributed by atoms with van der Waals surface area (Å²) in [6.07, 6.45) is 1.87. The van der Waals surface area contributed by atoms with Crippen molar-refractivity contribution in [2.75, 3.05) is 6.61 Å². The van der Waals surface area contributed by atoms with Crippen molar-refractivity contribution in [2.45, 2.75) is 39.8 Å². The van der Waals surface area contributed by atoms with Gasteiger partial charge in [-0.05, 0) is 61.7 Å². The van der Waals surface area contributed by atoms with Crippen LogP contribution in [0.2, 0.25) is 0 Å². The molecule has 0 saturated carbocycles. The van der Waals surface area contributed by atoms with E-state index in [1.54, 1.807) is 0 Å². The number of aryl methyl sites for hydroxylation is 3. The topological polar surface area (TPSA) is 56.1 Å². The number of carbonyl (C=O) groups is 1. The largest absolute Gasteiger partial charge is 0.494 e. The number of carbonyl (C=O) groups excluding carboxylic acids is 1. The number of benzene rings is 3. The molecule has 0 radical (unpaired) electrons. The third kappa shape index (κ3) is 5.17. The predicted octanol–water partition coefficient (Wildman–Crippen LogP) is 5.31. The van der Waals surface area contributed by atoms with Crippen LogP contribution in [-0.4, -0.2) is 22.1 Å². The number of imidazole rings is 1. The van der Waals surface area contributed by atoms with E-state index >= 15 is 0 Å². The predicted molar refractivity (Wildman–Crippen MR) is 128 cm³/mol. The maximum absolute atomic E-state index is 12.6. The molecular formula is C27H29N3O2. The SMILES string of the molecule is CCc1ccc(OCCCn2c(CNC(=O)c3ccc(C)cc3)nc3ccccc32)cc1. The number of rotatable bonds is 9. The first-order chi connectivity index (χ1) is 15.6. The fourth-order valence-electron chi connectivity index (χ4n) is 3.71. The molecule has 4 aromatic rings. The van der Waals surface area contributed by atoms with Gasteiger partial charge in [-0.15, -0.1) is 0 Å². The minimum atomic E-state index is -0.0949. The van der Waals surface area contributed by atoms with Gasteiger partial charge in [0, 0.05) is 12.1 Å². The van der Waals surface area contributed by atoms with E-state index in [0.29, 0.717) is 18.7 Å². The molecule has 32 heavy (non-hydrogen) atoms. The maximum Gasteiger partial charge on any atom is 0.251 e. The van der Waals surface area contributed by atoms with Gasteiger partial charge in [-0.2, -0.15) is 0 Å². The second-order valence-electron chi connectivity index (χ2n) is 7.92. The highest BCUT2D eigenvalue weighted by atomic mass is 16.5. The van der Waals surface area contributed by atoms with Gasteiger partial charge in [0.05, 0.1) is 24.2 Å². The zero-order valence-electron chi connectivity index (χ0n) is 18.7. The van der Waals surface area contributed by atoms with Crippen molar-refractivity contribution in [1.29, 1.82) is 0 Å². The van der Waals surface area contributed by atoms with E-state index in [2.05, 4.69) is 35.0 Å². The van der Waals surface area contributed by atoms with Crippen molar-refractivity contribution in [2.24, 2.45) is 0 Å². The van der Waals surface area contributed by atoms with E-state index in [4.69, 9.17) is 9.72 Å². The Morgan fingerprint density at radius 3 is 2.50 bits per heavy atom. The Morgan fingerprint density at radius 1 is 1.00 bits per heavy atom. The molecule has 0 unspecified atom stereocenters. The van der Waals surface area contributed by atoms with E-state index in [9.17, 15) is 4.79 Å². The van der Waals surface area contributed by atoms with Gasteiger partial charge in [0.15, 0.2) is 0 Å². The number of ether oxygens (including phenoxy) is 1. The van der Waals surface area contributed by atoms with Crippen LogP contribution < -0.4 is 10.1 Å². The third-order valence-corrected chi connectivity index (χ3v) is 5.58. The number of nitrogens with zero attached hydrogens (tertiary/aromatic N) is 2. The summed E-state index contributed by atoms with van der Waals surface area (Å²) in [7, 11) is 0. The van der Waals surface area contributed by atoms with Crippen LogP contribution in [0.5, 0.6) is 5.75 Å². The Hall–Kier alpha value is -3.60. The highest BCUT2D eigenvalue weighted by Crippen LogP contribution is 2.18. The Balaban J connectivity index is 1.40. The minimum absolute atomic E-state index is 0.0949. The molecule has 1 aromatic heterocycles. The quantitative estimate of drug-likeness (QED) is 0.369. The van der Waals surface area contributed by atoms with E-state index in [0.717, 1.165) is 47.6 Å². The van der Waals surface area contributed by atoms with Gasteiger partial charge in [0.1, 0.15) is 11.6 Å². The van der Waals surface area contributed by atoms with Gasteiger partial charge >= 0.3 is 0 Å². The summed E-state index contributed by atoms with van der Waals surface area (Å²) in [5, 5.41) is 3.01. The van der Waals surface area contributed by atoms with Crippen molar-refractivity contribution in [1.82, 2.24) is 14.9 Å². The van der Waals surface area contributed by atoms with Gasteiger partial charge in [-0.1, -0.05) is 48.9 Å². The van der Waals surface area contributed by atoms with Crippen molar-refractivity contribution in [3.05, 3.63) is 95.3 Å². The monoisotopic (exact) mass is 427 g/mol. The molecule has 0 bridgehead atoms. The van der Waals surface area contributed by atoms with Crippen LogP contribution >= 0.6 is 0 Å². The molecule has 0 aliphatic rings. The number of amides is 1. The molecule has 0 saturated heterocycles. The Labute approximate surface area is 189 Å². The highest BCUT2D eigenvalue weighted by Gasteiger charge is 2.12. The second-order valence-corrected chi connectivity index (χ2v) is 7.92. The fraction of sp³-hybridized carbons (Fsp3) is 0.259. The van der Waals surface area contributed by atoms with E-state index < -0.39 is 0 Å². The zero-order valence-corrected chi connectivity index (χ0v) is 18.7. The van der Waals surface area contributed by atoms with Gasteiger partial charge in [-0.3, -0.25) is 4.79 Å². The second kappa shape index (κ2) is 10.1. The van der Waals surface area contributed by atoms with Crippen molar-refractivity contribution in [3.8, 4) is 5.75 Å². The molecular weight excluding hydrogens is 398 g/mol. The summed E-state index contributed by atoms with van der Waals surface area (Å²) in [5.41, 5.74) is 5.09. The molecule has 5 heteroatoms. The molecule has 1 N–H and O–H groups in total. The molecule has 4 rings (SSSR count). The van der Waals surface area contributed by atoms with Gasteiger partial charge in [0.2, 0.25) is 0 Å². The van der Waals surface area contributed by atoms with E-state index in [-0.39, 0.29) is 5.91 Å². The van der Waals surface area contributed by atoms with Crippen molar-refractivity contribution < 1.29 is 9.53 Å². The lowest BCUT2D eigenvalue weighted by Crippen LogP contribution is -2.25. The molecule has 0 spiro atoms. The molecule has 0 atom stereocenters. The smallest absolute Gasteiger partial charge is 0.251 e. The molecule has 0 fully saturated rings. The Bertz CT molecular complexity index is 1180. The number of hydrogen-bond acceptors (Lipinski definition) is 3. The summed E-state index contributed by atoms with van der Waals surface area (Å²) < 4.78 is 8.09. The van der Waals surface area contributed by atoms with E-state index in [1.807, 2.05) is 61.5 Å². The van der Waals surface area contributed by atoms with Gasteiger partial charge < -0.3 is 14.6 Å². The summed E-state index contributed by atoms with van der Waals surface area (Å²) in [6.45, 7) is 5.91. The summed E-state index contributed by atoms with van der Waals surface area (Å²) >= 11 is 0. The summed E-state index contributed by atoms with van der Waals surface area (Å²) in [6, 6.07) is 23.9. The number of fused-ring (bicyclic) bond motifs is 1. The van der Waals surface area contributed by atoms with E-state index in [1.165, 1.54) is 5.56 Å². The van der Waals surface area contributed by atoms with Crippen LogP contribution in [0.1, 0.15) is 40.7 Å². The first-order valence-electron chi connectivity index (χ1n) is 11.1. The van der Waals surface area contributed by atoms with Crippen LogP contribution in [-0.2, 0) is 19.5 Å².